The number of rotatable bonds is 4. The van der Waals surface area contributed by atoms with Crippen molar-refractivity contribution in [2.45, 2.75) is 32.7 Å². The van der Waals surface area contributed by atoms with Crippen LogP contribution in [0.1, 0.15) is 19.4 Å². The molecular weight excluding hydrogens is 311 g/mol. The molecule has 0 amide bonds. The summed E-state index contributed by atoms with van der Waals surface area (Å²) in [6, 6.07) is 4.59. The van der Waals surface area contributed by atoms with Gasteiger partial charge in [-0.15, -0.1) is 0 Å². The van der Waals surface area contributed by atoms with Gasteiger partial charge in [0.25, 0.3) is 0 Å². The zero-order chi connectivity index (χ0) is 13.9. The summed E-state index contributed by atoms with van der Waals surface area (Å²) in [5.74, 6) is 0. The quantitative estimate of drug-likeness (QED) is 0.912. The lowest BCUT2D eigenvalue weighted by Gasteiger charge is -2.31. The number of nitrogens with zero attached hydrogens (tertiary/aromatic N) is 1. The Morgan fingerprint density at radius 3 is 2.39 bits per heavy atom. The summed E-state index contributed by atoms with van der Waals surface area (Å²) in [5, 5.41) is 9.22. The van der Waals surface area contributed by atoms with Crippen molar-refractivity contribution in [3.8, 4) is 0 Å². The molecule has 0 saturated carbocycles. The van der Waals surface area contributed by atoms with E-state index in [1.54, 1.807) is 32.0 Å². The highest BCUT2D eigenvalue weighted by Crippen LogP contribution is 2.30. The summed E-state index contributed by atoms with van der Waals surface area (Å²) >= 11 is 3.23. The van der Waals surface area contributed by atoms with Gasteiger partial charge in [0.2, 0.25) is 0 Å². The predicted molar refractivity (Wildman–Crippen MR) is 68.6 cm³/mol. The van der Waals surface area contributed by atoms with E-state index in [0.29, 0.717) is 15.7 Å². The molecule has 0 unspecified atom stereocenters. The first-order valence-corrected chi connectivity index (χ1v) is 6.26. The van der Waals surface area contributed by atoms with Crippen LogP contribution in [0, 0.1) is 0 Å². The minimum absolute atomic E-state index is 0.288. The lowest BCUT2D eigenvalue weighted by atomic mass is 10.1. The Balaban J connectivity index is 3.16. The Morgan fingerprint density at radius 2 is 1.94 bits per heavy atom. The average molecular weight is 326 g/mol. The zero-order valence-electron chi connectivity index (χ0n) is 10.1. The smallest absolute Gasteiger partial charge is 0.392 e. The van der Waals surface area contributed by atoms with Gasteiger partial charge in [-0.2, -0.15) is 13.2 Å². The maximum Gasteiger partial charge on any atom is 0.405 e. The number of hydrogen-bond donors (Lipinski definition) is 1. The second-order valence-corrected chi connectivity index (χ2v) is 5.18. The summed E-state index contributed by atoms with van der Waals surface area (Å²) < 4.78 is 38.4. The van der Waals surface area contributed by atoms with Gasteiger partial charge in [0, 0.05) is 21.8 Å². The van der Waals surface area contributed by atoms with Crippen molar-refractivity contribution in [2.24, 2.45) is 0 Å². The van der Waals surface area contributed by atoms with Crippen LogP contribution < -0.4 is 4.90 Å². The van der Waals surface area contributed by atoms with E-state index in [1.165, 1.54) is 4.90 Å². The van der Waals surface area contributed by atoms with Gasteiger partial charge in [-0.25, -0.2) is 0 Å². The molecule has 2 nitrogen and oxygen atoms in total. The first-order chi connectivity index (χ1) is 8.24. The van der Waals surface area contributed by atoms with Crippen LogP contribution in [0.2, 0.25) is 0 Å². The van der Waals surface area contributed by atoms with Crippen molar-refractivity contribution in [2.75, 3.05) is 11.4 Å². The molecule has 0 aromatic heterocycles. The van der Waals surface area contributed by atoms with Gasteiger partial charge in [-0.3, -0.25) is 0 Å². The number of benzene rings is 1. The number of alkyl halides is 3. The van der Waals surface area contributed by atoms with Crippen LogP contribution >= 0.6 is 15.9 Å². The van der Waals surface area contributed by atoms with Crippen LogP contribution in [0.5, 0.6) is 0 Å². The average Bonchev–Trinajstić information content (AvgIpc) is 2.24. The molecule has 18 heavy (non-hydrogen) atoms. The summed E-state index contributed by atoms with van der Waals surface area (Å²) in [4.78, 5) is 1.23. The van der Waals surface area contributed by atoms with Crippen molar-refractivity contribution in [3.05, 3.63) is 28.2 Å². The van der Waals surface area contributed by atoms with Gasteiger partial charge in [0.15, 0.2) is 0 Å². The fraction of sp³-hybridized carbons (Fsp3) is 0.500. The maximum atomic E-state index is 12.6. The van der Waals surface area contributed by atoms with E-state index in [0.717, 1.165) is 0 Å². The predicted octanol–water partition coefficient (Wildman–Crippen LogP) is 3.72. The second-order valence-electron chi connectivity index (χ2n) is 4.27. The van der Waals surface area contributed by atoms with Gasteiger partial charge in [-0.1, -0.05) is 22.0 Å². The van der Waals surface area contributed by atoms with E-state index in [4.69, 9.17) is 0 Å². The summed E-state index contributed by atoms with van der Waals surface area (Å²) in [6.45, 7) is 2.05. The van der Waals surface area contributed by atoms with Crippen molar-refractivity contribution in [1.82, 2.24) is 0 Å². The Hall–Kier alpha value is -0.750. The van der Waals surface area contributed by atoms with Crippen molar-refractivity contribution >= 4 is 21.6 Å². The van der Waals surface area contributed by atoms with Crippen LogP contribution in [-0.2, 0) is 6.61 Å². The normalized spacial score (nSPS) is 12.0. The molecule has 0 aliphatic heterocycles. The standard InChI is InChI=1S/C12H15BrF3NO/c1-8(2)17(7-12(14,15)16)11-5-10(13)4-3-9(11)6-18/h3-5,8,18H,6-7H2,1-2H3. The highest BCUT2D eigenvalue weighted by molar-refractivity contribution is 9.10. The third-order valence-electron chi connectivity index (χ3n) is 2.50. The first-order valence-electron chi connectivity index (χ1n) is 5.47. The van der Waals surface area contributed by atoms with E-state index < -0.39 is 12.7 Å². The van der Waals surface area contributed by atoms with Gasteiger partial charge in [0.1, 0.15) is 6.54 Å². The van der Waals surface area contributed by atoms with Gasteiger partial charge in [-0.05, 0) is 26.0 Å². The lowest BCUT2D eigenvalue weighted by Crippen LogP contribution is -2.39. The van der Waals surface area contributed by atoms with E-state index in [9.17, 15) is 18.3 Å². The van der Waals surface area contributed by atoms with Crippen molar-refractivity contribution in [3.63, 3.8) is 0 Å². The molecule has 1 aromatic rings. The number of halogens is 4. The summed E-state index contributed by atoms with van der Waals surface area (Å²) in [7, 11) is 0. The molecule has 0 bridgehead atoms. The minimum atomic E-state index is -4.28. The second kappa shape index (κ2) is 5.93. The van der Waals surface area contributed by atoms with Crippen LogP contribution in [0.4, 0.5) is 18.9 Å². The first kappa shape index (κ1) is 15.3. The Kier molecular flexibility index (Phi) is 5.04. The molecule has 6 heteroatoms. The fourth-order valence-electron chi connectivity index (χ4n) is 1.68. The molecule has 0 heterocycles. The number of anilines is 1. The molecule has 0 saturated heterocycles. The lowest BCUT2D eigenvalue weighted by molar-refractivity contribution is -0.120. The SMILES string of the molecule is CC(C)N(CC(F)(F)F)c1cc(Br)ccc1CO. The third kappa shape index (κ3) is 4.17. The molecule has 1 rings (SSSR count). The zero-order valence-corrected chi connectivity index (χ0v) is 11.7. The van der Waals surface area contributed by atoms with E-state index in [2.05, 4.69) is 15.9 Å². The molecule has 1 aromatic carbocycles. The Labute approximate surface area is 113 Å². The van der Waals surface area contributed by atoms with Gasteiger partial charge < -0.3 is 10.0 Å². The topological polar surface area (TPSA) is 23.5 Å². The van der Waals surface area contributed by atoms with Crippen LogP contribution in [-0.4, -0.2) is 23.9 Å². The van der Waals surface area contributed by atoms with E-state index >= 15 is 0 Å². The monoisotopic (exact) mass is 325 g/mol. The molecular formula is C12H15BrF3NO. The van der Waals surface area contributed by atoms with Gasteiger partial charge >= 0.3 is 6.18 Å². The minimum Gasteiger partial charge on any atom is -0.392 e. The van der Waals surface area contributed by atoms with E-state index in [-0.39, 0.29) is 12.6 Å². The van der Waals surface area contributed by atoms with Crippen LogP contribution in [0.15, 0.2) is 22.7 Å². The van der Waals surface area contributed by atoms with Crippen molar-refractivity contribution < 1.29 is 18.3 Å². The van der Waals surface area contributed by atoms with Crippen LogP contribution in [0.3, 0.4) is 0 Å². The molecule has 0 atom stereocenters. The maximum absolute atomic E-state index is 12.6. The molecule has 0 radical (unpaired) electrons. The van der Waals surface area contributed by atoms with Gasteiger partial charge in [0.05, 0.1) is 6.61 Å². The molecule has 0 fully saturated rings. The highest BCUT2D eigenvalue weighted by Gasteiger charge is 2.32. The Morgan fingerprint density at radius 1 is 1.33 bits per heavy atom. The number of hydrogen-bond acceptors (Lipinski definition) is 2. The highest BCUT2D eigenvalue weighted by atomic mass is 79.9. The molecule has 1 N–H and O–H groups in total. The fourth-order valence-corrected chi connectivity index (χ4v) is 2.03. The van der Waals surface area contributed by atoms with Crippen LogP contribution in [0.25, 0.3) is 0 Å². The molecule has 102 valence electrons. The molecule has 0 aliphatic carbocycles. The summed E-state index contributed by atoms with van der Waals surface area (Å²) in [5.41, 5.74) is 0.885. The molecule has 0 spiro atoms. The van der Waals surface area contributed by atoms with Crippen molar-refractivity contribution in [1.29, 1.82) is 0 Å². The van der Waals surface area contributed by atoms with E-state index in [1.807, 2.05) is 0 Å². The molecule has 0 aliphatic rings. The summed E-state index contributed by atoms with van der Waals surface area (Å²) in [6.07, 6.45) is -4.28. The Bertz CT molecular complexity index is 407. The third-order valence-corrected chi connectivity index (χ3v) is 2.99. The number of aliphatic hydroxyl groups excluding tert-OH is 1. The largest absolute Gasteiger partial charge is 0.405 e. The number of aliphatic hydroxyl groups is 1.